The summed E-state index contributed by atoms with van der Waals surface area (Å²) in [6.07, 6.45) is 1.75. The first-order valence-corrected chi connectivity index (χ1v) is 14.4. The first-order valence-electron chi connectivity index (χ1n) is 12.1. The van der Waals surface area contributed by atoms with Gasteiger partial charge in [0.25, 0.3) is 5.91 Å². The van der Waals surface area contributed by atoms with Crippen molar-refractivity contribution in [2.75, 3.05) is 19.7 Å². The number of allylic oxidation sites excluding steroid dienone is 1. The van der Waals surface area contributed by atoms with Gasteiger partial charge in [0.05, 0.1) is 16.2 Å². The van der Waals surface area contributed by atoms with Crippen molar-refractivity contribution in [3.8, 4) is 5.75 Å². The number of rotatable bonds is 11. The molecule has 0 N–H and O–H groups in total. The Kier molecular flexibility index (Phi) is 9.27. The zero-order valence-electron chi connectivity index (χ0n) is 21.6. The van der Waals surface area contributed by atoms with Gasteiger partial charge in [-0.1, -0.05) is 51.2 Å². The number of sulfonamides is 1. The third kappa shape index (κ3) is 6.32. The van der Waals surface area contributed by atoms with Crippen molar-refractivity contribution in [1.29, 1.82) is 0 Å². The highest BCUT2D eigenvalue weighted by Gasteiger charge is 2.26. The molecule has 2 aromatic carbocycles. The van der Waals surface area contributed by atoms with E-state index in [-0.39, 0.29) is 16.7 Å². The van der Waals surface area contributed by atoms with E-state index in [2.05, 4.69) is 11.6 Å². The third-order valence-corrected chi connectivity index (χ3v) is 8.24. The molecule has 36 heavy (non-hydrogen) atoms. The highest BCUT2D eigenvalue weighted by atomic mass is 32.2. The van der Waals surface area contributed by atoms with E-state index in [0.717, 1.165) is 16.0 Å². The standard InChI is InChI=1S/C27H35N3O4S2/c1-7-16-30-25-23(34-8-2)10-9-11-24(25)35-27(30)28-26(31)21-12-14-22(15-13-21)36(32,33)29(17-19(3)4)18-20(5)6/h7,9-15,19-20H,1,8,16-18H2,2-6H3. The van der Waals surface area contributed by atoms with Gasteiger partial charge in [0.15, 0.2) is 4.80 Å². The van der Waals surface area contributed by atoms with E-state index in [1.165, 1.54) is 39.9 Å². The van der Waals surface area contributed by atoms with Crippen LogP contribution < -0.4 is 9.54 Å². The molecule has 0 aliphatic heterocycles. The molecule has 0 unspecified atom stereocenters. The number of aromatic nitrogens is 1. The summed E-state index contributed by atoms with van der Waals surface area (Å²) < 4.78 is 36.7. The first kappa shape index (κ1) is 27.8. The van der Waals surface area contributed by atoms with Gasteiger partial charge in [-0.3, -0.25) is 4.79 Å². The van der Waals surface area contributed by atoms with Crippen LogP contribution in [0.3, 0.4) is 0 Å². The summed E-state index contributed by atoms with van der Waals surface area (Å²) in [5.41, 5.74) is 1.19. The molecule has 194 valence electrons. The molecule has 9 heteroatoms. The fourth-order valence-electron chi connectivity index (χ4n) is 3.91. The minimum atomic E-state index is -3.67. The number of thiazole rings is 1. The van der Waals surface area contributed by atoms with E-state index in [1.807, 2.05) is 57.4 Å². The Balaban J connectivity index is 1.97. The number of para-hydroxylation sites is 1. The van der Waals surface area contributed by atoms with Gasteiger partial charge in [0, 0.05) is 25.2 Å². The number of fused-ring (bicyclic) bond motifs is 1. The largest absolute Gasteiger partial charge is 0.492 e. The van der Waals surface area contributed by atoms with E-state index in [9.17, 15) is 13.2 Å². The smallest absolute Gasteiger partial charge is 0.279 e. The van der Waals surface area contributed by atoms with Crippen LogP contribution in [0.2, 0.25) is 0 Å². The zero-order chi connectivity index (χ0) is 26.5. The molecule has 0 bridgehead atoms. The lowest BCUT2D eigenvalue weighted by atomic mass is 10.2. The third-order valence-electron chi connectivity index (χ3n) is 5.35. The summed E-state index contributed by atoms with van der Waals surface area (Å²) in [5.74, 6) is 0.682. The normalized spacial score (nSPS) is 12.7. The van der Waals surface area contributed by atoms with E-state index < -0.39 is 15.9 Å². The Hall–Kier alpha value is -2.75. The van der Waals surface area contributed by atoms with E-state index in [0.29, 0.717) is 36.6 Å². The summed E-state index contributed by atoms with van der Waals surface area (Å²) in [6.45, 7) is 15.6. The van der Waals surface area contributed by atoms with Crippen LogP contribution in [0.4, 0.5) is 0 Å². The van der Waals surface area contributed by atoms with E-state index in [4.69, 9.17) is 4.74 Å². The predicted molar refractivity (Wildman–Crippen MR) is 146 cm³/mol. The van der Waals surface area contributed by atoms with Gasteiger partial charge in [-0.05, 0) is 55.2 Å². The highest BCUT2D eigenvalue weighted by molar-refractivity contribution is 7.89. The molecule has 7 nitrogen and oxygen atoms in total. The SMILES string of the molecule is C=CCn1c(=NC(=O)c2ccc(S(=O)(=O)N(CC(C)C)CC(C)C)cc2)sc2cccc(OCC)c21. The Morgan fingerprint density at radius 3 is 2.31 bits per heavy atom. The maximum atomic E-state index is 13.3. The lowest BCUT2D eigenvalue weighted by molar-refractivity contribution is 0.0997. The zero-order valence-corrected chi connectivity index (χ0v) is 23.2. The molecule has 0 spiro atoms. The maximum absolute atomic E-state index is 13.3. The van der Waals surface area contributed by atoms with Gasteiger partial charge < -0.3 is 9.30 Å². The van der Waals surface area contributed by atoms with Crippen LogP contribution in [0.5, 0.6) is 5.75 Å². The highest BCUT2D eigenvalue weighted by Crippen LogP contribution is 2.28. The van der Waals surface area contributed by atoms with Gasteiger partial charge in [-0.15, -0.1) is 6.58 Å². The topological polar surface area (TPSA) is 81.0 Å². The molecule has 0 aliphatic carbocycles. The van der Waals surface area contributed by atoms with Gasteiger partial charge in [0.1, 0.15) is 11.3 Å². The molecule has 3 rings (SSSR count). The summed E-state index contributed by atoms with van der Waals surface area (Å²) in [5, 5.41) is 0. The van der Waals surface area contributed by atoms with Crippen LogP contribution in [0, 0.1) is 11.8 Å². The van der Waals surface area contributed by atoms with Crippen molar-refractivity contribution in [2.24, 2.45) is 16.8 Å². The average molecular weight is 530 g/mol. The van der Waals surface area contributed by atoms with Gasteiger partial charge >= 0.3 is 0 Å². The number of carbonyl (C=O) groups is 1. The number of carbonyl (C=O) groups excluding carboxylic acids is 1. The summed E-state index contributed by atoms with van der Waals surface area (Å²) in [7, 11) is -3.67. The van der Waals surface area contributed by atoms with Crippen LogP contribution in [-0.2, 0) is 16.6 Å². The van der Waals surface area contributed by atoms with Crippen molar-refractivity contribution in [2.45, 2.75) is 46.1 Å². The van der Waals surface area contributed by atoms with Crippen LogP contribution in [-0.4, -0.2) is 42.9 Å². The first-order chi connectivity index (χ1) is 17.1. The molecule has 1 heterocycles. The Labute approximate surface area is 217 Å². The molecule has 1 amide bonds. The number of amides is 1. The molecule has 3 aromatic rings. The fraction of sp³-hybridized carbons (Fsp3) is 0.407. The predicted octanol–water partition coefficient (Wildman–Crippen LogP) is 5.33. The maximum Gasteiger partial charge on any atom is 0.279 e. The molecule has 0 radical (unpaired) electrons. The Morgan fingerprint density at radius 1 is 1.11 bits per heavy atom. The Morgan fingerprint density at radius 2 is 1.75 bits per heavy atom. The van der Waals surface area contributed by atoms with Crippen LogP contribution in [0.25, 0.3) is 10.2 Å². The summed E-state index contributed by atoms with van der Waals surface area (Å²) in [6, 6.07) is 11.8. The summed E-state index contributed by atoms with van der Waals surface area (Å²) in [4.78, 5) is 18.1. The minimum Gasteiger partial charge on any atom is -0.492 e. The van der Waals surface area contributed by atoms with Crippen molar-refractivity contribution in [3.63, 3.8) is 0 Å². The molecule has 0 aliphatic rings. The molecular formula is C27H35N3O4S2. The van der Waals surface area contributed by atoms with Crippen LogP contribution in [0.1, 0.15) is 45.0 Å². The lowest BCUT2D eigenvalue weighted by Gasteiger charge is -2.25. The van der Waals surface area contributed by atoms with Crippen LogP contribution in [0.15, 0.2) is 65.0 Å². The molecular weight excluding hydrogens is 494 g/mol. The second-order valence-corrected chi connectivity index (χ2v) is 12.3. The van der Waals surface area contributed by atoms with E-state index in [1.54, 1.807) is 6.08 Å². The number of hydrogen-bond donors (Lipinski definition) is 0. The van der Waals surface area contributed by atoms with Gasteiger partial charge in [-0.25, -0.2) is 8.42 Å². The Bertz CT molecular complexity index is 1370. The number of nitrogens with zero attached hydrogens (tertiary/aromatic N) is 3. The van der Waals surface area contributed by atoms with Gasteiger partial charge in [-0.2, -0.15) is 9.30 Å². The van der Waals surface area contributed by atoms with Crippen molar-refractivity contribution < 1.29 is 17.9 Å². The van der Waals surface area contributed by atoms with Crippen molar-refractivity contribution >= 4 is 37.5 Å². The van der Waals surface area contributed by atoms with Crippen molar-refractivity contribution in [1.82, 2.24) is 8.87 Å². The molecule has 0 atom stereocenters. The molecule has 0 saturated carbocycles. The minimum absolute atomic E-state index is 0.172. The fourth-order valence-corrected chi connectivity index (χ4v) is 6.73. The molecule has 1 aromatic heterocycles. The van der Waals surface area contributed by atoms with Crippen molar-refractivity contribution in [3.05, 3.63) is 65.5 Å². The number of hydrogen-bond acceptors (Lipinski definition) is 5. The second kappa shape index (κ2) is 12.0. The summed E-state index contributed by atoms with van der Waals surface area (Å²) >= 11 is 1.39. The number of benzene rings is 2. The monoisotopic (exact) mass is 529 g/mol. The quantitative estimate of drug-likeness (QED) is 0.314. The lowest BCUT2D eigenvalue weighted by Crippen LogP contribution is -2.37. The second-order valence-electron chi connectivity index (χ2n) is 9.37. The average Bonchev–Trinajstić information content (AvgIpc) is 3.16. The molecule has 0 fully saturated rings. The van der Waals surface area contributed by atoms with Crippen LogP contribution >= 0.6 is 11.3 Å². The van der Waals surface area contributed by atoms with Gasteiger partial charge in [0.2, 0.25) is 10.0 Å². The molecule has 0 saturated heterocycles. The number of ether oxygens (including phenoxy) is 1. The van der Waals surface area contributed by atoms with E-state index >= 15 is 0 Å².